The van der Waals surface area contributed by atoms with Crippen molar-refractivity contribution in [2.45, 2.75) is 19.6 Å². The van der Waals surface area contributed by atoms with Gasteiger partial charge in [-0.05, 0) is 19.1 Å². The zero-order chi connectivity index (χ0) is 26.6. The Kier molecular flexibility index (Phi) is 7.63. The van der Waals surface area contributed by atoms with Gasteiger partial charge in [-0.25, -0.2) is 19.6 Å². The summed E-state index contributed by atoms with van der Waals surface area (Å²) in [5.41, 5.74) is 0.441. The number of nitrogens with zero attached hydrogens (tertiary/aromatic N) is 5. The minimum Gasteiger partial charge on any atom is -0.388 e. The summed E-state index contributed by atoms with van der Waals surface area (Å²) in [6, 6.07) is 2.51. The van der Waals surface area contributed by atoms with Crippen molar-refractivity contribution in [1.82, 2.24) is 30.0 Å². The topological polar surface area (TPSA) is 137 Å². The molecule has 4 rings (SSSR count). The highest BCUT2D eigenvalue weighted by Gasteiger charge is 2.34. The number of nitrogens with one attached hydrogen (secondary N) is 2. The van der Waals surface area contributed by atoms with Crippen molar-refractivity contribution in [3.05, 3.63) is 52.3 Å². The van der Waals surface area contributed by atoms with Crippen molar-refractivity contribution in [1.29, 1.82) is 0 Å². The van der Waals surface area contributed by atoms with E-state index >= 15 is 0 Å². The maximum atomic E-state index is 13.2. The molecule has 4 heterocycles. The van der Waals surface area contributed by atoms with Gasteiger partial charge in [0.05, 0.1) is 18.7 Å². The molecule has 0 saturated heterocycles. The molecule has 15 heteroatoms. The lowest BCUT2D eigenvalue weighted by Crippen LogP contribution is -2.28. The van der Waals surface area contributed by atoms with Gasteiger partial charge < -0.3 is 14.5 Å². The number of ether oxygens (including phenoxy) is 1. The average molecular weight is 536 g/mol. The van der Waals surface area contributed by atoms with E-state index in [1.807, 2.05) is 0 Å². The van der Waals surface area contributed by atoms with Gasteiger partial charge in [-0.1, -0.05) is 0 Å². The first-order chi connectivity index (χ1) is 17.7. The molecule has 37 heavy (non-hydrogen) atoms. The molecule has 4 aromatic rings. The zero-order valence-corrected chi connectivity index (χ0v) is 20.3. The molecule has 4 aromatic heterocycles. The van der Waals surface area contributed by atoms with Crippen LogP contribution in [0.1, 0.15) is 12.6 Å². The lowest BCUT2D eigenvalue weighted by Gasteiger charge is -2.11. The fourth-order valence-corrected chi connectivity index (χ4v) is 4.08. The van der Waals surface area contributed by atoms with E-state index in [0.29, 0.717) is 23.2 Å². The van der Waals surface area contributed by atoms with E-state index in [2.05, 4.69) is 30.7 Å². The van der Waals surface area contributed by atoms with Gasteiger partial charge >= 0.3 is 18.0 Å². The number of aromatic nitrogens is 5. The number of amides is 2. The van der Waals surface area contributed by atoms with E-state index in [1.165, 1.54) is 31.8 Å². The molecule has 0 aromatic carbocycles. The maximum Gasteiger partial charge on any atom is 0.437 e. The average Bonchev–Trinajstić information content (AvgIpc) is 3.50. The Hall–Kier alpha value is -4.11. The van der Waals surface area contributed by atoms with Crippen molar-refractivity contribution in [3.63, 3.8) is 0 Å². The van der Waals surface area contributed by atoms with Gasteiger partial charge in [-0.2, -0.15) is 17.9 Å². The summed E-state index contributed by atoms with van der Waals surface area (Å²) in [6.45, 7) is 2.54. The highest BCUT2D eigenvalue weighted by Crippen LogP contribution is 2.38. The number of alkyl halides is 3. The third-order valence-electron chi connectivity index (χ3n) is 4.92. The lowest BCUT2D eigenvalue weighted by atomic mass is 10.0. The molecular weight excluding hydrogens is 515 g/mol. The second-order valence-electron chi connectivity index (χ2n) is 7.49. The van der Waals surface area contributed by atoms with Crippen LogP contribution in [0.5, 0.6) is 0 Å². The normalized spacial score (nSPS) is 11.5. The predicted octanol–water partition coefficient (Wildman–Crippen LogP) is 3.89. The Balaban J connectivity index is 1.77. The number of hydrogen-bond acceptors (Lipinski definition) is 9. The molecule has 0 spiro atoms. The summed E-state index contributed by atoms with van der Waals surface area (Å²) in [7, 11) is 1.49. The number of anilines is 1. The number of urea groups is 1. The molecule has 0 bridgehead atoms. The monoisotopic (exact) mass is 535 g/mol. The summed E-state index contributed by atoms with van der Waals surface area (Å²) >= 11 is 0.795. The first-order valence-electron chi connectivity index (χ1n) is 10.8. The third kappa shape index (κ3) is 6.00. The lowest BCUT2D eigenvalue weighted by molar-refractivity contribution is -0.140. The zero-order valence-electron chi connectivity index (χ0n) is 19.5. The van der Waals surface area contributed by atoms with Crippen molar-refractivity contribution >= 4 is 23.2 Å². The number of rotatable bonds is 8. The van der Waals surface area contributed by atoms with Crippen molar-refractivity contribution < 1.29 is 27.1 Å². The fraction of sp³-hybridized carbons (Fsp3) is 0.273. The van der Waals surface area contributed by atoms with Crippen LogP contribution in [0.2, 0.25) is 0 Å². The van der Waals surface area contributed by atoms with Crippen LogP contribution in [0.15, 0.2) is 45.3 Å². The molecule has 0 aliphatic carbocycles. The molecule has 0 fully saturated rings. The van der Waals surface area contributed by atoms with Gasteiger partial charge in [0.15, 0.2) is 5.69 Å². The molecule has 0 unspecified atom stereocenters. The molecule has 194 valence electrons. The first kappa shape index (κ1) is 26.0. The molecular formula is C22H20F3N7O4S. The van der Waals surface area contributed by atoms with E-state index in [0.717, 1.165) is 21.4 Å². The molecule has 0 aliphatic rings. The van der Waals surface area contributed by atoms with Crippen LogP contribution in [-0.2, 0) is 17.5 Å². The van der Waals surface area contributed by atoms with Crippen LogP contribution in [0.3, 0.4) is 0 Å². The Morgan fingerprint density at radius 3 is 2.68 bits per heavy atom. The summed E-state index contributed by atoms with van der Waals surface area (Å²) < 4.78 is 51.0. The molecule has 11 nitrogen and oxygen atoms in total. The fourth-order valence-electron chi connectivity index (χ4n) is 3.23. The van der Waals surface area contributed by atoms with Crippen LogP contribution < -0.4 is 16.4 Å². The smallest absolute Gasteiger partial charge is 0.388 e. The second kappa shape index (κ2) is 10.9. The van der Waals surface area contributed by atoms with Crippen LogP contribution >= 0.6 is 11.3 Å². The largest absolute Gasteiger partial charge is 0.437 e. The highest BCUT2D eigenvalue weighted by atomic mass is 32.1. The van der Waals surface area contributed by atoms with Gasteiger partial charge in [0, 0.05) is 54.3 Å². The number of carbonyl (C=O) groups excluding carboxylic acids is 1. The number of halogens is 3. The van der Waals surface area contributed by atoms with Gasteiger partial charge in [0.2, 0.25) is 0 Å². The SMILES string of the molecule is CCNC(=O)Nc1cc(-c2nc(C(F)(F)F)cs2)c(-c2cncc(-c3nn(CCOC)c(=O)o3)c2)cn1. The third-order valence-corrected chi connectivity index (χ3v) is 5.79. The summed E-state index contributed by atoms with van der Waals surface area (Å²) in [4.78, 5) is 36.2. The number of carbonyl (C=O) groups is 1. The Morgan fingerprint density at radius 2 is 1.97 bits per heavy atom. The number of thiazole rings is 1. The minimum atomic E-state index is -4.62. The van der Waals surface area contributed by atoms with Crippen molar-refractivity contribution in [2.24, 2.45) is 0 Å². The van der Waals surface area contributed by atoms with Crippen LogP contribution in [0.4, 0.5) is 23.8 Å². The van der Waals surface area contributed by atoms with E-state index < -0.39 is 23.7 Å². The Morgan fingerprint density at radius 1 is 1.19 bits per heavy atom. The van der Waals surface area contributed by atoms with Crippen LogP contribution in [0, 0.1) is 0 Å². The van der Waals surface area contributed by atoms with Gasteiger partial charge in [-0.15, -0.1) is 16.4 Å². The first-order valence-corrected chi connectivity index (χ1v) is 11.7. The number of methoxy groups -OCH3 is 1. The Bertz CT molecular complexity index is 1460. The highest BCUT2D eigenvalue weighted by molar-refractivity contribution is 7.13. The van der Waals surface area contributed by atoms with Gasteiger partial charge in [0.25, 0.3) is 5.89 Å². The quantitative estimate of drug-likeness (QED) is 0.347. The van der Waals surface area contributed by atoms with Crippen LogP contribution in [-0.4, -0.2) is 51.0 Å². The van der Waals surface area contributed by atoms with Gasteiger partial charge in [-0.3, -0.25) is 10.3 Å². The molecule has 0 atom stereocenters. The van der Waals surface area contributed by atoms with E-state index in [1.54, 1.807) is 13.0 Å². The summed E-state index contributed by atoms with van der Waals surface area (Å²) in [6.07, 6.45) is -0.331. The minimum absolute atomic E-state index is 0.00749. The summed E-state index contributed by atoms with van der Waals surface area (Å²) in [5, 5.41) is 10.2. The van der Waals surface area contributed by atoms with E-state index in [-0.39, 0.29) is 35.4 Å². The molecule has 0 aliphatic heterocycles. The van der Waals surface area contributed by atoms with Crippen molar-refractivity contribution in [3.8, 4) is 33.2 Å². The van der Waals surface area contributed by atoms with E-state index in [4.69, 9.17) is 9.15 Å². The molecule has 2 amide bonds. The Labute approximate surface area is 211 Å². The predicted molar refractivity (Wildman–Crippen MR) is 128 cm³/mol. The maximum absolute atomic E-state index is 13.2. The molecule has 2 N–H and O–H groups in total. The van der Waals surface area contributed by atoms with Crippen LogP contribution in [0.25, 0.3) is 33.2 Å². The van der Waals surface area contributed by atoms with Gasteiger partial charge in [0.1, 0.15) is 10.8 Å². The molecule has 0 saturated carbocycles. The van der Waals surface area contributed by atoms with Crippen molar-refractivity contribution in [2.75, 3.05) is 25.6 Å². The second-order valence-corrected chi connectivity index (χ2v) is 8.34. The number of hydrogen-bond donors (Lipinski definition) is 2. The number of pyridine rings is 2. The summed E-state index contributed by atoms with van der Waals surface area (Å²) in [5.74, 6) is -0.559. The standard InChI is InChI=1S/C22H20F3N7O4S/c1-3-27-20(33)30-17-7-14(19-29-16(11-37-19)22(23,24)25)15(10-28-17)12-6-13(9-26-8-12)18-31-32(4-5-35-2)21(34)36-18/h6-11H,3-5H2,1-2H3,(H2,27,28,30,33). The van der Waals surface area contributed by atoms with E-state index in [9.17, 15) is 22.8 Å². The molecule has 0 radical (unpaired) electrons.